The van der Waals surface area contributed by atoms with Crippen LogP contribution in [0, 0.1) is 5.92 Å². The summed E-state index contributed by atoms with van der Waals surface area (Å²) in [5.74, 6) is 1.52. The van der Waals surface area contributed by atoms with Crippen molar-refractivity contribution in [3.63, 3.8) is 0 Å². The summed E-state index contributed by atoms with van der Waals surface area (Å²) in [6, 6.07) is 1.47. The Kier molecular flexibility index (Phi) is 3.73. The van der Waals surface area contributed by atoms with E-state index in [1.54, 1.807) is 0 Å². The van der Waals surface area contributed by atoms with Crippen molar-refractivity contribution >= 4 is 6.01 Å². The number of hydrogen-bond acceptors (Lipinski definition) is 5. The molecule has 1 aliphatic heterocycles. The number of anilines is 1. The van der Waals surface area contributed by atoms with E-state index in [0.29, 0.717) is 11.9 Å². The largest absolute Gasteiger partial charge is 0.406 e. The third-order valence-electron chi connectivity index (χ3n) is 4.72. The predicted molar refractivity (Wildman–Crippen MR) is 74.1 cm³/mol. The van der Waals surface area contributed by atoms with Crippen LogP contribution in [0.15, 0.2) is 4.42 Å². The second kappa shape index (κ2) is 5.49. The zero-order chi connectivity index (χ0) is 13.2. The van der Waals surface area contributed by atoms with E-state index in [-0.39, 0.29) is 6.04 Å². The molecule has 1 aromatic rings. The molecule has 0 spiro atoms. The molecule has 2 unspecified atom stereocenters. The number of rotatable bonds is 4. The molecule has 5 heteroatoms. The van der Waals surface area contributed by atoms with Crippen molar-refractivity contribution in [1.29, 1.82) is 0 Å². The highest BCUT2D eigenvalue weighted by Gasteiger charge is 2.35. The van der Waals surface area contributed by atoms with Gasteiger partial charge >= 0.3 is 6.01 Å². The Bertz CT molecular complexity index is 413. The van der Waals surface area contributed by atoms with E-state index in [0.717, 1.165) is 18.5 Å². The molecule has 5 nitrogen and oxygen atoms in total. The second-order valence-corrected chi connectivity index (χ2v) is 5.88. The molecule has 1 aliphatic carbocycles. The van der Waals surface area contributed by atoms with E-state index in [2.05, 4.69) is 20.4 Å². The fourth-order valence-corrected chi connectivity index (χ4v) is 3.50. The highest BCUT2D eigenvalue weighted by molar-refractivity contribution is 5.29. The first-order valence-corrected chi connectivity index (χ1v) is 7.57. The van der Waals surface area contributed by atoms with Crippen LogP contribution >= 0.6 is 0 Å². The van der Waals surface area contributed by atoms with Crippen LogP contribution in [0.2, 0.25) is 0 Å². The van der Waals surface area contributed by atoms with Gasteiger partial charge in [0, 0.05) is 12.6 Å². The standard InChI is InChI=1S/C14H24N4O/c1-10(15-2)13-16-17-14(19-13)18-9-5-8-12(18)11-6-3-4-7-11/h10-12,15H,3-9H2,1-2H3. The highest BCUT2D eigenvalue weighted by atomic mass is 16.4. The predicted octanol–water partition coefficient (Wildman–Crippen LogP) is 2.51. The summed E-state index contributed by atoms with van der Waals surface area (Å²) in [4.78, 5) is 2.36. The Balaban J connectivity index is 1.74. The molecular formula is C14H24N4O. The first-order valence-electron chi connectivity index (χ1n) is 7.57. The molecule has 19 heavy (non-hydrogen) atoms. The Labute approximate surface area is 114 Å². The Morgan fingerprint density at radius 1 is 1.21 bits per heavy atom. The summed E-state index contributed by atoms with van der Waals surface area (Å²) in [5.41, 5.74) is 0. The van der Waals surface area contributed by atoms with Crippen LogP contribution in [0.4, 0.5) is 6.01 Å². The summed E-state index contributed by atoms with van der Waals surface area (Å²) >= 11 is 0. The van der Waals surface area contributed by atoms with Crippen molar-refractivity contribution in [3.8, 4) is 0 Å². The minimum absolute atomic E-state index is 0.119. The Morgan fingerprint density at radius 3 is 2.74 bits per heavy atom. The van der Waals surface area contributed by atoms with E-state index in [1.165, 1.54) is 38.5 Å². The number of hydrogen-bond donors (Lipinski definition) is 1. The van der Waals surface area contributed by atoms with Gasteiger partial charge < -0.3 is 14.6 Å². The molecule has 1 N–H and O–H groups in total. The normalized spacial score (nSPS) is 26.2. The van der Waals surface area contributed by atoms with Crippen LogP contribution in [0.3, 0.4) is 0 Å². The van der Waals surface area contributed by atoms with E-state index in [9.17, 15) is 0 Å². The molecule has 0 radical (unpaired) electrons. The quantitative estimate of drug-likeness (QED) is 0.905. The molecule has 0 aromatic carbocycles. The maximum Gasteiger partial charge on any atom is 0.318 e. The van der Waals surface area contributed by atoms with Crippen molar-refractivity contribution < 1.29 is 4.42 Å². The SMILES string of the molecule is CNC(C)c1nnc(N2CCCC2C2CCCC2)o1. The molecule has 2 aliphatic rings. The lowest BCUT2D eigenvalue weighted by Gasteiger charge is -2.27. The monoisotopic (exact) mass is 264 g/mol. The van der Waals surface area contributed by atoms with Crippen LogP contribution < -0.4 is 10.2 Å². The fourth-order valence-electron chi connectivity index (χ4n) is 3.50. The molecule has 0 bridgehead atoms. The van der Waals surface area contributed by atoms with E-state index >= 15 is 0 Å². The van der Waals surface area contributed by atoms with Gasteiger partial charge in [0.15, 0.2) is 0 Å². The summed E-state index contributed by atoms with van der Waals surface area (Å²) in [7, 11) is 1.91. The summed E-state index contributed by atoms with van der Waals surface area (Å²) < 4.78 is 5.85. The Hall–Kier alpha value is -1.10. The van der Waals surface area contributed by atoms with Crippen molar-refractivity contribution in [2.75, 3.05) is 18.5 Å². The summed E-state index contributed by atoms with van der Waals surface area (Å²) in [5, 5.41) is 11.6. The van der Waals surface area contributed by atoms with Crippen LogP contribution in [-0.4, -0.2) is 29.8 Å². The second-order valence-electron chi connectivity index (χ2n) is 5.88. The maximum atomic E-state index is 5.85. The molecule has 1 saturated heterocycles. The van der Waals surface area contributed by atoms with Gasteiger partial charge in [0.25, 0.3) is 0 Å². The van der Waals surface area contributed by atoms with Crippen molar-refractivity contribution in [3.05, 3.63) is 5.89 Å². The van der Waals surface area contributed by atoms with Crippen molar-refractivity contribution in [2.24, 2.45) is 5.92 Å². The zero-order valence-electron chi connectivity index (χ0n) is 11.9. The third-order valence-corrected chi connectivity index (χ3v) is 4.72. The lowest BCUT2D eigenvalue weighted by Crippen LogP contribution is -2.34. The smallest absolute Gasteiger partial charge is 0.318 e. The lowest BCUT2D eigenvalue weighted by molar-refractivity contribution is 0.390. The van der Waals surface area contributed by atoms with E-state index in [1.807, 2.05) is 14.0 Å². The number of aromatic nitrogens is 2. The van der Waals surface area contributed by atoms with Gasteiger partial charge in [0.2, 0.25) is 5.89 Å². The average Bonchev–Trinajstić information content (AvgIpc) is 3.14. The molecule has 106 valence electrons. The van der Waals surface area contributed by atoms with E-state index < -0.39 is 0 Å². The van der Waals surface area contributed by atoms with Gasteiger partial charge in [0.05, 0.1) is 6.04 Å². The molecule has 2 atom stereocenters. The first-order chi connectivity index (χ1) is 9.29. The van der Waals surface area contributed by atoms with Gasteiger partial charge in [0.1, 0.15) is 0 Å². The minimum Gasteiger partial charge on any atom is -0.406 e. The first kappa shape index (κ1) is 12.9. The number of nitrogens with one attached hydrogen (secondary N) is 1. The topological polar surface area (TPSA) is 54.2 Å². The summed E-state index contributed by atoms with van der Waals surface area (Å²) in [6.45, 7) is 3.10. The highest BCUT2D eigenvalue weighted by Crippen LogP contribution is 2.37. The van der Waals surface area contributed by atoms with Crippen LogP contribution in [0.5, 0.6) is 0 Å². The van der Waals surface area contributed by atoms with Gasteiger partial charge in [-0.1, -0.05) is 17.9 Å². The molecule has 0 amide bonds. The van der Waals surface area contributed by atoms with Gasteiger partial charge in [-0.3, -0.25) is 0 Å². The number of nitrogens with zero attached hydrogens (tertiary/aromatic N) is 3. The molecule has 1 aromatic heterocycles. The van der Waals surface area contributed by atoms with Gasteiger partial charge in [-0.25, -0.2) is 0 Å². The van der Waals surface area contributed by atoms with Gasteiger partial charge in [-0.15, -0.1) is 5.10 Å². The van der Waals surface area contributed by atoms with Crippen LogP contribution in [0.1, 0.15) is 57.4 Å². The maximum absolute atomic E-state index is 5.85. The third kappa shape index (κ3) is 2.48. The van der Waals surface area contributed by atoms with E-state index in [4.69, 9.17) is 4.42 Å². The molecular weight excluding hydrogens is 240 g/mol. The Morgan fingerprint density at radius 2 is 2.00 bits per heavy atom. The fraction of sp³-hybridized carbons (Fsp3) is 0.857. The summed E-state index contributed by atoms with van der Waals surface area (Å²) in [6.07, 6.45) is 8.05. The van der Waals surface area contributed by atoms with Crippen LogP contribution in [0.25, 0.3) is 0 Å². The average molecular weight is 264 g/mol. The van der Waals surface area contributed by atoms with Gasteiger partial charge in [-0.2, -0.15) is 0 Å². The van der Waals surface area contributed by atoms with Crippen molar-refractivity contribution in [2.45, 2.75) is 57.5 Å². The molecule has 1 saturated carbocycles. The molecule has 3 rings (SSSR count). The minimum atomic E-state index is 0.119. The zero-order valence-corrected chi connectivity index (χ0v) is 11.9. The van der Waals surface area contributed by atoms with Crippen LogP contribution in [-0.2, 0) is 0 Å². The van der Waals surface area contributed by atoms with Gasteiger partial charge in [-0.05, 0) is 45.6 Å². The molecule has 2 heterocycles. The lowest BCUT2D eigenvalue weighted by atomic mass is 9.96. The molecule has 2 fully saturated rings. The van der Waals surface area contributed by atoms with Crippen molar-refractivity contribution in [1.82, 2.24) is 15.5 Å².